The molecule has 0 bridgehead atoms. The number of aliphatic hydroxyl groups excluding tert-OH is 1. The van der Waals surface area contributed by atoms with Crippen LogP contribution in [0.3, 0.4) is 0 Å². The Labute approximate surface area is 175 Å². The van der Waals surface area contributed by atoms with E-state index in [0.717, 1.165) is 22.5 Å². The number of hydrogen-bond acceptors (Lipinski definition) is 5. The summed E-state index contributed by atoms with van der Waals surface area (Å²) in [5.74, 6) is 1.36. The lowest BCUT2D eigenvalue weighted by atomic mass is 10.1. The molecule has 1 N–H and O–H groups in total. The van der Waals surface area contributed by atoms with Gasteiger partial charge in [-0.05, 0) is 24.3 Å². The molecule has 1 atom stereocenters. The van der Waals surface area contributed by atoms with Crippen molar-refractivity contribution >= 4 is 0 Å². The number of pyridine rings is 1. The topological polar surface area (TPSA) is 69.4 Å². The highest BCUT2D eigenvalue weighted by molar-refractivity contribution is 5.78. The molecule has 0 aliphatic rings. The van der Waals surface area contributed by atoms with E-state index in [-0.39, 0.29) is 6.61 Å². The number of benzene rings is 2. The Morgan fingerprint density at radius 2 is 1.77 bits per heavy atom. The minimum atomic E-state index is -0.718. The fourth-order valence-corrected chi connectivity index (χ4v) is 3.30. The SMILES string of the molecule is COc1cccc(OCC(O)Cn2cnc(-c3ccccc3)c2-c2cccnc2)c1. The van der Waals surface area contributed by atoms with Crippen molar-refractivity contribution in [2.75, 3.05) is 13.7 Å². The van der Waals surface area contributed by atoms with E-state index in [4.69, 9.17) is 9.47 Å². The molecule has 6 nitrogen and oxygen atoms in total. The zero-order chi connectivity index (χ0) is 20.8. The summed E-state index contributed by atoms with van der Waals surface area (Å²) in [4.78, 5) is 8.87. The summed E-state index contributed by atoms with van der Waals surface area (Å²) in [7, 11) is 1.61. The highest BCUT2D eigenvalue weighted by Crippen LogP contribution is 2.31. The van der Waals surface area contributed by atoms with E-state index in [1.54, 1.807) is 31.9 Å². The van der Waals surface area contributed by atoms with Crippen LogP contribution in [0.15, 0.2) is 85.5 Å². The van der Waals surface area contributed by atoms with Gasteiger partial charge in [0.05, 0.1) is 31.4 Å². The second kappa shape index (κ2) is 9.24. The molecule has 0 aliphatic carbocycles. The highest BCUT2D eigenvalue weighted by atomic mass is 16.5. The smallest absolute Gasteiger partial charge is 0.123 e. The number of hydrogen-bond donors (Lipinski definition) is 1. The van der Waals surface area contributed by atoms with Crippen LogP contribution in [0.2, 0.25) is 0 Å². The lowest BCUT2D eigenvalue weighted by Crippen LogP contribution is -2.23. The minimum absolute atomic E-state index is 0.151. The molecule has 2 heterocycles. The predicted octanol–water partition coefficient (Wildman–Crippen LogP) is 4.06. The molecule has 0 amide bonds. The molecule has 0 fully saturated rings. The summed E-state index contributed by atoms with van der Waals surface area (Å²) in [5.41, 5.74) is 3.71. The molecule has 2 aromatic carbocycles. The number of aliphatic hydroxyl groups is 1. The van der Waals surface area contributed by atoms with E-state index in [0.29, 0.717) is 18.0 Å². The van der Waals surface area contributed by atoms with Crippen molar-refractivity contribution in [3.8, 4) is 34.0 Å². The third kappa shape index (κ3) is 4.50. The summed E-state index contributed by atoms with van der Waals surface area (Å²) in [6.45, 7) is 0.493. The number of nitrogens with zero attached hydrogens (tertiary/aromatic N) is 3. The monoisotopic (exact) mass is 401 g/mol. The number of aromatic nitrogens is 3. The van der Waals surface area contributed by atoms with Crippen LogP contribution >= 0.6 is 0 Å². The van der Waals surface area contributed by atoms with Gasteiger partial charge in [-0.1, -0.05) is 36.4 Å². The maximum absolute atomic E-state index is 10.6. The molecule has 152 valence electrons. The Morgan fingerprint density at radius 3 is 2.53 bits per heavy atom. The largest absolute Gasteiger partial charge is 0.497 e. The molecule has 0 saturated heterocycles. The highest BCUT2D eigenvalue weighted by Gasteiger charge is 2.17. The van der Waals surface area contributed by atoms with Gasteiger partial charge in [0.2, 0.25) is 0 Å². The predicted molar refractivity (Wildman–Crippen MR) is 115 cm³/mol. The molecule has 4 aromatic rings. The molecular weight excluding hydrogens is 378 g/mol. The first-order chi connectivity index (χ1) is 14.7. The van der Waals surface area contributed by atoms with Crippen molar-refractivity contribution in [1.82, 2.24) is 14.5 Å². The van der Waals surface area contributed by atoms with Crippen LogP contribution in [0.4, 0.5) is 0 Å². The third-order valence-corrected chi connectivity index (χ3v) is 4.71. The normalized spacial score (nSPS) is 11.8. The van der Waals surface area contributed by atoms with E-state index in [9.17, 15) is 5.11 Å². The van der Waals surface area contributed by atoms with Crippen LogP contribution in [-0.4, -0.2) is 39.5 Å². The van der Waals surface area contributed by atoms with Crippen LogP contribution in [0.5, 0.6) is 11.5 Å². The second-order valence-electron chi connectivity index (χ2n) is 6.85. The zero-order valence-corrected chi connectivity index (χ0v) is 16.7. The van der Waals surface area contributed by atoms with Crippen LogP contribution in [0.25, 0.3) is 22.5 Å². The number of rotatable bonds is 8. The van der Waals surface area contributed by atoms with Crippen LogP contribution in [-0.2, 0) is 6.54 Å². The van der Waals surface area contributed by atoms with Crippen molar-refractivity contribution < 1.29 is 14.6 Å². The lowest BCUT2D eigenvalue weighted by Gasteiger charge is -2.16. The lowest BCUT2D eigenvalue weighted by molar-refractivity contribution is 0.0927. The van der Waals surface area contributed by atoms with Gasteiger partial charge in [0.1, 0.15) is 24.2 Å². The molecule has 30 heavy (non-hydrogen) atoms. The number of imidazole rings is 1. The third-order valence-electron chi connectivity index (χ3n) is 4.71. The van der Waals surface area contributed by atoms with E-state index < -0.39 is 6.10 Å². The Hall–Kier alpha value is -3.64. The summed E-state index contributed by atoms with van der Waals surface area (Å²) >= 11 is 0. The van der Waals surface area contributed by atoms with E-state index >= 15 is 0 Å². The molecular formula is C24H23N3O3. The average molecular weight is 401 g/mol. The summed E-state index contributed by atoms with van der Waals surface area (Å²) in [5, 5.41) is 10.6. The molecule has 2 aromatic heterocycles. The van der Waals surface area contributed by atoms with Gasteiger partial charge in [-0.25, -0.2) is 4.98 Å². The van der Waals surface area contributed by atoms with Gasteiger partial charge in [0, 0.05) is 29.6 Å². The summed E-state index contributed by atoms with van der Waals surface area (Å²) < 4.78 is 12.9. The van der Waals surface area contributed by atoms with Crippen LogP contribution in [0, 0.1) is 0 Å². The maximum atomic E-state index is 10.6. The fourth-order valence-electron chi connectivity index (χ4n) is 3.30. The average Bonchev–Trinajstić information content (AvgIpc) is 3.22. The standard InChI is InChI=1S/C24H23N3O3/c1-29-21-10-5-11-22(13-21)30-16-20(28)15-27-17-26-23(18-7-3-2-4-8-18)24(27)19-9-6-12-25-14-19/h2-14,17,20,28H,15-16H2,1H3. The molecule has 0 spiro atoms. The fraction of sp³-hybridized carbons (Fsp3) is 0.167. The molecule has 0 radical (unpaired) electrons. The van der Waals surface area contributed by atoms with Crippen molar-refractivity contribution in [3.63, 3.8) is 0 Å². The van der Waals surface area contributed by atoms with Crippen LogP contribution < -0.4 is 9.47 Å². The quantitative estimate of drug-likeness (QED) is 0.482. The first-order valence-corrected chi connectivity index (χ1v) is 9.70. The first-order valence-electron chi connectivity index (χ1n) is 9.70. The van der Waals surface area contributed by atoms with Gasteiger partial charge in [0.15, 0.2) is 0 Å². The van der Waals surface area contributed by atoms with Crippen molar-refractivity contribution in [3.05, 3.63) is 85.5 Å². The van der Waals surface area contributed by atoms with Gasteiger partial charge in [0.25, 0.3) is 0 Å². The van der Waals surface area contributed by atoms with Gasteiger partial charge in [-0.2, -0.15) is 0 Å². The Bertz CT molecular complexity index is 1080. The Kier molecular flexibility index (Phi) is 6.06. The van der Waals surface area contributed by atoms with Gasteiger partial charge in [-0.3, -0.25) is 4.98 Å². The molecule has 0 saturated carbocycles. The van der Waals surface area contributed by atoms with E-state index in [2.05, 4.69) is 9.97 Å². The number of ether oxygens (including phenoxy) is 2. The van der Waals surface area contributed by atoms with Crippen LogP contribution in [0.1, 0.15) is 0 Å². The van der Waals surface area contributed by atoms with Gasteiger partial charge in [-0.15, -0.1) is 0 Å². The van der Waals surface area contributed by atoms with E-state index in [1.807, 2.05) is 65.2 Å². The van der Waals surface area contributed by atoms with Crippen molar-refractivity contribution in [2.24, 2.45) is 0 Å². The first kappa shape index (κ1) is 19.7. The van der Waals surface area contributed by atoms with Crippen molar-refractivity contribution in [2.45, 2.75) is 12.6 Å². The minimum Gasteiger partial charge on any atom is -0.497 e. The second-order valence-corrected chi connectivity index (χ2v) is 6.85. The summed E-state index contributed by atoms with van der Waals surface area (Å²) in [6, 6.07) is 21.2. The molecule has 6 heteroatoms. The number of methoxy groups -OCH3 is 1. The molecule has 1 unspecified atom stereocenters. The van der Waals surface area contributed by atoms with E-state index in [1.165, 1.54) is 0 Å². The molecule has 4 rings (SSSR count). The summed E-state index contributed by atoms with van der Waals surface area (Å²) in [6.07, 6.45) is 4.58. The Morgan fingerprint density at radius 1 is 0.967 bits per heavy atom. The zero-order valence-electron chi connectivity index (χ0n) is 16.7. The maximum Gasteiger partial charge on any atom is 0.123 e. The molecule has 0 aliphatic heterocycles. The van der Waals surface area contributed by atoms with Gasteiger partial charge < -0.3 is 19.1 Å². The van der Waals surface area contributed by atoms with Crippen molar-refractivity contribution in [1.29, 1.82) is 0 Å². The van der Waals surface area contributed by atoms with Gasteiger partial charge >= 0.3 is 0 Å². The Balaban J connectivity index is 1.55.